The zero-order chi connectivity index (χ0) is 17.9. The number of amides is 1. The van der Waals surface area contributed by atoms with Crippen LogP contribution in [0, 0.1) is 11.6 Å². The summed E-state index contributed by atoms with van der Waals surface area (Å²) < 4.78 is 48.7. The SMILES string of the molecule is NS(=O)(=O)c1ccc(CCNC(=O)c2c(O)cc(F)cc2F)cc1. The highest BCUT2D eigenvalue weighted by atomic mass is 32.2. The van der Waals surface area contributed by atoms with Gasteiger partial charge in [0.25, 0.3) is 5.91 Å². The van der Waals surface area contributed by atoms with Gasteiger partial charge in [0.1, 0.15) is 22.9 Å². The van der Waals surface area contributed by atoms with Gasteiger partial charge in [0.15, 0.2) is 0 Å². The molecule has 0 spiro atoms. The van der Waals surface area contributed by atoms with Crippen molar-refractivity contribution in [2.45, 2.75) is 11.3 Å². The van der Waals surface area contributed by atoms with E-state index in [1.807, 2.05) is 0 Å². The molecule has 6 nitrogen and oxygen atoms in total. The molecular weight excluding hydrogens is 342 g/mol. The summed E-state index contributed by atoms with van der Waals surface area (Å²) >= 11 is 0. The van der Waals surface area contributed by atoms with Crippen LogP contribution >= 0.6 is 0 Å². The zero-order valence-corrected chi connectivity index (χ0v) is 13.1. The Bertz CT molecular complexity index is 845. The number of primary sulfonamides is 1. The van der Waals surface area contributed by atoms with Crippen LogP contribution in [-0.4, -0.2) is 26.0 Å². The molecule has 0 saturated heterocycles. The second-order valence-corrected chi connectivity index (χ2v) is 6.54. The Kier molecular flexibility index (Phi) is 5.15. The van der Waals surface area contributed by atoms with Crippen LogP contribution in [0.3, 0.4) is 0 Å². The summed E-state index contributed by atoms with van der Waals surface area (Å²) in [6, 6.07) is 6.87. The van der Waals surface area contributed by atoms with Gasteiger partial charge in [0.05, 0.1) is 4.90 Å². The minimum absolute atomic E-state index is 0.0337. The molecular formula is C15H14F2N2O4S. The number of carbonyl (C=O) groups excluding carboxylic acids is 1. The van der Waals surface area contributed by atoms with E-state index in [0.717, 1.165) is 0 Å². The molecule has 0 bridgehead atoms. The second kappa shape index (κ2) is 6.93. The first-order valence-electron chi connectivity index (χ1n) is 6.76. The van der Waals surface area contributed by atoms with Gasteiger partial charge in [0.2, 0.25) is 10.0 Å². The number of nitrogens with two attached hydrogens (primary N) is 1. The van der Waals surface area contributed by atoms with Crippen molar-refractivity contribution in [2.75, 3.05) is 6.54 Å². The van der Waals surface area contributed by atoms with E-state index in [-0.39, 0.29) is 11.4 Å². The van der Waals surface area contributed by atoms with E-state index in [1.165, 1.54) is 24.3 Å². The molecule has 0 aliphatic carbocycles. The molecule has 4 N–H and O–H groups in total. The topological polar surface area (TPSA) is 109 Å². The number of phenols is 1. The first-order chi connectivity index (χ1) is 11.2. The predicted octanol–water partition coefficient (Wildman–Crippen LogP) is 1.29. The molecule has 0 unspecified atom stereocenters. The largest absolute Gasteiger partial charge is 0.507 e. The maximum Gasteiger partial charge on any atom is 0.258 e. The lowest BCUT2D eigenvalue weighted by molar-refractivity contribution is 0.0947. The summed E-state index contributed by atoms with van der Waals surface area (Å²) in [4.78, 5) is 11.8. The number of rotatable bonds is 5. The predicted molar refractivity (Wildman–Crippen MR) is 81.9 cm³/mol. The minimum Gasteiger partial charge on any atom is -0.507 e. The van der Waals surface area contributed by atoms with Crippen molar-refractivity contribution in [3.8, 4) is 5.75 Å². The summed E-state index contributed by atoms with van der Waals surface area (Å²) in [5, 5.41) is 16.8. The van der Waals surface area contributed by atoms with Gasteiger partial charge in [-0.1, -0.05) is 12.1 Å². The van der Waals surface area contributed by atoms with Gasteiger partial charge in [-0.3, -0.25) is 4.79 Å². The van der Waals surface area contributed by atoms with E-state index < -0.39 is 38.9 Å². The van der Waals surface area contributed by atoms with Gasteiger partial charge in [-0.15, -0.1) is 0 Å². The Balaban J connectivity index is 1.98. The Morgan fingerprint density at radius 1 is 1.17 bits per heavy atom. The lowest BCUT2D eigenvalue weighted by Gasteiger charge is -2.08. The van der Waals surface area contributed by atoms with E-state index >= 15 is 0 Å². The first-order valence-corrected chi connectivity index (χ1v) is 8.31. The molecule has 9 heteroatoms. The average Bonchev–Trinajstić information content (AvgIpc) is 2.45. The smallest absolute Gasteiger partial charge is 0.258 e. The molecule has 2 aromatic carbocycles. The van der Waals surface area contributed by atoms with Gasteiger partial charge in [-0.2, -0.15) is 0 Å². The van der Waals surface area contributed by atoms with E-state index in [9.17, 15) is 27.1 Å². The quantitative estimate of drug-likeness (QED) is 0.750. The van der Waals surface area contributed by atoms with Crippen molar-refractivity contribution in [2.24, 2.45) is 5.14 Å². The van der Waals surface area contributed by atoms with Crippen molar-refractivity contribution in [1.29, 1.82) is 0 Å². The molecule has 0 radical (unpaired) electrons. The molecule has 0 saturated carbocycles. The van der Waals surface area contributed by atoms with E-state index in [2.05, 4.69) is 5.32 Å². The Labute approximate surface area is 137 Å². The minimum atomic E-state index is -3.77. The fourth-order valence-corrected chi connectivity index (χ4v) is 2.55. The summed E-state index contributed by atoms with van der Waals surface area (Å²) in [7, 11) is -3.77. The van der Waals surface area contributed by atoms with Crippen LogP contribution in [0.15, 0.2) is 41.3 Å². The molecule has 1 amide bonds. The van der Waals surface area contributed by atoms with Gasteiger partial charge in [-0.05, 0) is 24.1 Å². The number of halogens is 2. The van der Waals surface area contributed by atoms with Crippen LogP contribution in [0.1, 0.15) is 15.9 Å². The fourth-order valence-electron chi connectivity index (χ4n) is 2.04. The van der Waals surface area contributed by atoms with Crippen LogP contribution in [0.25, 0.3) is 0 Å². The molecule has 2 aromatic rings. The maximum absolute atomic E-state index is 13.5. The maximum atomic E-state index is 13.5. The number of carbonyl (C=O) groups is 1. The van der Waals surface area contributed by atoms with Crippen molar-refractivity contribution >= 4 is 15.9 Å². The molecule has 0 atom stereocenters. The first kappa shape index (κ1) is 17.8. The Morgan fingerprint density at radius 3 is 2.33 bits per heavy atom. The molecule has 128 valence electrons. The summed E-state index contributed by atoms with van der Waals surface area (Å²) in [6.45, 7) is 0.101. The van der Waals surface area contributed by atoms with Crippen molar-refractivity contribution in [3.63, 3.8) is 0 Å². The Morgan fingerprint density at radius 2 is 1.79 bits per heavy atom. The molecule has 0 aromatic heterocycles. The fraction of sp³-hybridized carbons (Fsp3) is 0.133. The molecule has 2 rings (SSSR count). The number of aromatic hydroxyl groups is 1. The summed E-state index contributed by atoms with van der Waals surface area (Å²) in [5.74, 6) is -3.83. The number of phenolic OH excluding ortho intramolecular Hbond substituents is 1. The highest BCUT2D eigenvalue weighted by molar-refractivity contribution is 7.89. The summed E-state index contributed by atoms with van der Waals surface area (Å²) in [5.41, 5.74) is 0.0764. The van der Waals surface area contributed by atoms with Gasteiger partial charge in [0, 0.05) is 18.7 Å². The van der Waals surface area contributed by atoms with E-state index in [0.29, 0.717) is 24.1 Å². The van der Waals surface area contributed by atoms with Gasteiger partial charge in [-0.25, -0.2) is 22.3 Å². The number of hydrogen-bond donors (Lipinski definition) is 3. The molecule has 0 fully saturated rings. The number of benzene rings is 2. The molecule has 0 aliphatic heterocycles. The number of sulfonamides is 1. The average molecular weight is 356 g/mol. The van der Waals surface area contributed by atoms with Crippen LogP contribution in [0.2, 0.25) is 0 Å². The third-order valence-electron chi connectivity index (χ3n) is 3.21. The van der Waals surface area contributed by atoms with Crippen molar-refractivity contribution in [1.82, 2.24) is 5.32 Å². The lowest BCUT2D eigenvalue weighted by atomic mass is 10.1. The third kappa shape index (κ3) is 4.27. The van der Waals surface area contributed by atoms with E-state index in [1.54, 1.807) is 0 Å². The van der Waals surface area contributed by atoms with Crippen LogP contribution < -0.4 is 10.5 Å². The summed E-state index contributed by atoms with van der Waals surface area (Å²) in [6.07, 6.45) is 0.334. The highest BCUT2D eigenvalue weighted by Gasteiger charge is 2.18. The zero-order valence-electron chi connectivity index (χ0n) is 12.3. The second-order valence-electron chi connectivity index (χ2n) is 4.98. The number of hydrogen-bond acceptors (Lipinski definition) is 4. The molecule has 0 aliphatic rings. The third-order valence-corrected chi connectivity index (χ3v) is 4.14. The highest BCUT2D eigenvalue weighted by Crippen LogP contribution is 2.21. The number of nitrogens with one attached hydrogen (secondary N) is 1. The normalized spacial score (nSPS) is 11.3. The lowest BCUT2D eigenvalue weighted by Crippen LogP contribution is -2.26. The van der Waals surface area contributed by atoms with Crippen LogP contribution in [-0.2, 0) is 16.4 Å². The molecule has 0 heterocycles. The van der Waals surface area contributed by atoms with Gasteiger partial charge >= 0.3 is 0 Å². The molecule has 24 heavy (non-hydrogen) atoms. The van der Waals surface area contributed by atoms with Crippen LogP contribution in [0.5, 0.6) is 5.75 Å². The van der Waals surface area contributed by atoms with Crippen molar-refractivity contribution in [3.05, 3.63) is 59.2 Å². The van der Waals surface area contributed by atoms with Crippen LogP contribution in [0.4, 0.5) is 8.78 Å². The van der Waals surface area contributed by atoms with Crippen molar-refractivity contribution < 1.29 is 27.1 Å². The Hall–Kier alpha value is -2.52. The van der Waals surface area contributed by atoms with E-state index in [4.69, 9.17) is 5.14 Å². The monoisotopic (exact) mass is 356 g/mol. The van der Waals surface area contributed by atoms with Gasteiger partial charge < -0.3 is 10.4 Å². The standard InChI is InChI=1S/C15H14F2N2O4S/c16-10-7-12(17)14(13(20)8-10)15(21)19-6-5-9-1-3-11(4-2-9)24(18,22)23/h1-4,7-8,20H,5-6H2,(H,19,21)(H2,18,22,23).